The van der Waals surface area contributed by atoms with Crippen molar-refractivity contribution in [3.05, 3.63) is 64.7 Å². The van der Waals surface area contributed by atoms with Gasteiger partial charge in [-0.1, -0.05) is 12.1 Å². The third-order valence-electron chi connectivity index (χ3n) is 7.42. The van der Waals surface area contributed by atoms with Gasteiger partial charge in [0.2, 0.25) is 0 Å². The molecular formula is C34H47F2N3O12. The van der Waals surface area contributed by atoms with Crippen LogP contribution in [0, 0.1) is 11.6 Å². The lowest BCUT2D eigenvalue weighted by atomic mass is 10.00. The van der Waals surface area contributed by atoms with Crippen molar-refractivity contribution in [2.45, 2.75) is 12.1 Å². The van der Waals surface area contributed by atoms with Crippen LogP contribution in [0.25, 0.3) is 0 Å². The van der Waals surface area contributed by atoms with Gasteiger partial charge in [0.1, 0.15) is 17.9 Å². The number of methoxy groups -OCH3 is 1. The topological polar surface area (TPSA) is 187 Å². The largest absolute Gasteiger partial charge is 0.490 e. The summed E-state index contributed by atoms with van der Waals surface area (Å²) < 4.78 is 71.8. The second kappa shape index (κ2) is 23.6. The summed E-state index contributed by atoms with van der Waals surface area (Å²) in [5.41, 5.74) is 5.50. The lowest BCUT2D eigenvalue weighted by Crippen LogP contribution is -2.46. The van der Waals surface area contributed by atoms with Crippen molar-refractivity contribution >= 4 is 17.8 Å². The van der Waals surface area contributed by atoms with Crippen molar-refractivity contribution in [2.24, 2.45) is 5.73 Å². The Morgan fingerprint density at radius 2 is 1.20 bits per heavy atom. The number of nitrogens with zero attached hydrogens (tertiary/aromatic N) is 1. The van der Waals surface area contributed by atoms with E-state index in [9.17, 15) is 23.2 Å². The number of nitrogens with two attached hydrogens (primary N) is 1. The monoisotopic (exact) mass is 727 g/mol. The number of amides is 2. The van der Waals surface area contributed by atoms with Gasteiger partial charge in [0.25, 0.3) is 5.91 Å². The Morgan fingerprint density at radius 3 is 1.67 bits per heavy atom. The second-order valence-electron chi connectivity index (χ2n) is 11.1. The van der Waals surface area contributed by atoms with Crippen molar-refractivity contribution in [1.29, 1.82) is 0 Å². The highest BCUT2D eigenvalue weighted by Gasteiger charge is 2.34. The molecular weight excluding hydrogens is 680 g/mol. The molecule has 0 spiro atoms. The van der Waals surface area contributed by atoms with E-state index in [-0.39, 0.29) is 49.8 Å². The quantitative estimate of drug-likeness (QED) is 0.0941. The molecule has 1 saturated heterocycles. The lowest BCUT2D eigenvalue weighted by Gasteiger charge is -2.16. The average molecular weight is 728 g/mol. The molecule has 0 unspecified atom stereocenters. The van der Waals surface area contributed by atoms with Gasteiger partial charge in [-0.2, -0.15) is 0 Å². The van der Waals surface area contributed by atoms with E-state index in [1.54, 1.807) is 7.11 Å². The molecule has 0 radical (unpaired) electrons. The van der Waals surface area contributed by atoms with Gasteiger partial charge in [-0.3, -0.25) is 9.59 Å². The summed E-state index contributed by atoms with van der Waals surface area (Å²) in [6.45, 7) is 5.31. The molecule has 4 N–H and O–H groups in total. The van der Waals surface area contributed by atoms with Gasteiger partial charge < -0.3 is 59.0 Å². The number of carbonyl (C=O) groups is 3. The Balaban J connectivity index is 1.29. The van der Waals surface area contributed by atoms with E-state index < -0.39 is 47.1 Å². The predicted molar refractivity (Wildman–Crippen MR) is 177 cm³/mol. The molecule has 0 bridgehead atoms. The molecule has 0 aromatic heterocycles. The van der Waals surface area contributed by atoms with Crippen LogP contribution in [0.5, 0.6) is 5.75 Å². The molecule has 1 fully saturated rings. The number of halogens is 2. The molecule has 0 aliphatic carbocycles. The third kappa shape index (κ3) is 14.8. The molecule has 2 amide bonds. The van der Waals surface area contributed by atoms with Gasteiger partial charge >= 0.3 is 6.09 Å². The van der Waals surface area contributed by atoms with Crippen molar-refractivity contribution in [2.75, 3.05) is 113 Å². The number of ether oxygens (including phenoxy) is 8. The molecule has 2 aromatic rings. The Bertz CT molecular complexity index is 1350. The van der Waals surface area contributed by atoms with Crippen molar-refractivity contribution in [3.8, 4) is 5.75 Å². The predicted octanol–water partition coefficient (Wildman–Crippen LogP) is 1.74. The van der Waals surface area contributed by atoms with E-state index in [0.29, 0.717) is 72.7 Å². The van der Waals surface area contributed by atoms with E-state index in [1.807, 2.05) is 0 Å². The van der Waals surface area contributed by atoms with Gasteiger partial charge in [-0.15, -0.1) is 0 Å². The molecule has 1 aliphatic rings. The first-order valence-corrected chi connectivity index (χ1v) is 16.5. The zero-order chi connectivity index (χ0) is 36.8. The highest BCUT2D eigenvalue weighted by Crippen LogP contribution is 2.27. The first-order valence-electron chi connectivity index (χ1n) is 16.5. The third-order valence-corrected chi connectivity index (χ3v) is 7.42. The maximum Gasteiger partial charge on any atom is 0.407 e. The summed E-state index contributed by atoms with van der Waals surface area (Å²) >= 11 is 0. The van der Waals surface area contributed by atoms with Gasteiger partial charge in [-0.25, -0.2) is 13.6 Å². The van der Waals surface area contributed by atoms with Crippen LogP contribution in [0.2, 0.25) is 0 Å². The zero-order valence-corrected chi connectivity index (χ0v) is 28.7. The number of carbonyl (C=O) groups excluding carboxylic acids is 2. The fraction of sp³-hybridized carbons (Fsp3) is 0.559. The molecule has 0 saturated carbocycles. The van der Waals surface area contributed by atoms with Gasteiger partial charge in [0.05, 0.1) is 91.9 Å². The maximum atomic E-state index is 14.8. The summed E-state index contributed by atoms with van der Waals surface area (Å²) in [7, 11) is 1.62. The van der Waals surface area contributed by atoms with E-state index >= 15 is 0 Å². The van der Waals surface area contributed by atoms with E-state index in [1.165, 1.54) is 24.3 Å². The normalized spacial score (nSPS) is 15.6. The number of rotatable bonds is 26. The van der Waals surface area contributed by atoms with Gasteiger partial charge in [0.15, 0.2) is 17.4 Å². The number of likely N-dealkylation sites (tertiary alicyclic amines) is 1. The molecule has 15 nitrogen and oxygen atoms in total. The van der Waals surface area contributed by atoms with Crippen LogP contribution in [-0.2, 0) is 33.2 Å². The fourth-order valence-corrected chi connectivity index (χ4v) is 4.73. The van der Waals surface area contributed by atoms with E-state index in [0.717, 1.165) is 17.0 Å². The molecule has 51 heavy (non-hydrogen) atoms. The van der Waals surface area contributed by atoms with Gasteiger partial charge in [0, 0.05) is 37.4 Å². The van der Waals surface area contributed by atoms with Crippen molar-refractivity contribution < 1.29 is 66.2 Å². The number of ketones is 1. The average Bonchev–Trinajstić information content (AvgIpc) is 3.50. The minimum absolute atomic E-state index is 0.0125. The van der Waals surface area contributed by atoms with Crippen LogP contribution in [0.1, 0.15) is 26.3 Å². The van der Waals surface area contributed by atoms with Crippen LogP contribution >= 0.6 is 0 Å². The smallest absolute Gasteiger partial charge is 0.407 e. The van der Waals surface area contributed by atoms with Crippen molar-refractivity contribution in [1.82, 2.24) is 10.2 Å². The number of benzene rings is 2. The summed E-state index contributed by atoms with van der Waals surface area (Å²) in [5, 5.41) is 11.8. The van der Waals surface area contributed by atoms with E-state index in [2.05, 4.69) is 5.32 Å². The Labute approximate surface area is 295 Å². The number of hydrogen-bond acceptors (Lipinski definition) is 12. The standard InChI is InChI=1S/C34H47F2N3O12/c1-44-8-9-45-10-11-46-12-13-47-14-15-48-16-17-49-18-19-50-20-21-51-29-7-6-26(35)31(36)30(29)32(40)24-2-4-25(5-3-24)33(41)38-28-23-39(34(42)43)22-27(28)37/h2-7,27-28H,8-23,37H2,1H3,(H,38,41)(H,42,43)/t27-,28-/m1/s1. The number of nitrogens with one attached hydrogen (secondary N) is 1. The Morgan fingerprint density at radius 1 is 0.725 bits per heavy atom. The lowest BCUT2D eigenvalue weighted by molar-refractivity contribution is -0.0199. The van der Waals surface area contributed by atoms with Gasteiger partial charge in [-0.05, 0) is 24.3 Å². The molecule has 17 heteroatoms. The highest BCUT2D eigenvalue weighted by molar-refractivity contribution is 6.11. The minimum Gasteiger partial charge on any atom is -0.490 e. The molecule has 3 rings (SSSR count). The molecule has 2 aromatic carbocycles. The first-order chi connectivity index (χ1) is 24.7. The molecule has 1 heterocycles. The molecule has 284 valence electrons. The van der Waals surface area contributed by atoms with Crippen LogP contribution in [0.4, 0.5) is 13.6 Å². The second-order valence-corrected chi connectivity index (χ2v) is 11.1. The summed E-state index contributed by atoms with van der Waals surface area (Å²) in [5.74, 6) is -4.15. The maximum absolute atomic E-state index is 14.8. The zero-order valence-electron chi connectivity index (χ0n) is 28.7. The van der Waals surface area contributed by atoms with Crippen LogP contribution in [-0.4, -0.2) is 153 Å². The summed E-state index contributed by atoms with van der Waals surface area (Å²) in [4.78, 5) is 38.2. The molecule has 1 aliphatic heterocycles. The minimum atomic E-state index is -1.37. The summed E-state index contributed by atoms with van der Waals surface area (Å²) in [6, 6.07) is 6.12. The Hall–Kier alpha value is -3.81. The number of hydrogen-bond donors (Lipinski definition) is 3. The van der Waals surface area contributed by atoms with Crippen LogP contribution < -0.4 is 15.8 Å². The van der Waals surface area contributed by atoms with Crippen molar-refractivity contribution in [3.63, 3.8) is 0 Å². The summed E-state index contributed by atoms with van der Waals surface area (Å²) in [6.07, 6.45) is -1.14. The first kappa shape index (κ1) is 41.6. The van der Waals surface area contributed by atoms with Crippen LogP contribution in [0.15, 0.2) is 36.4 Å². The van der Waals surface area contributed by atoms with E-state index in [4.69, 9.17) is 48.7 Å². The SMILES string of the molecule is COCCOCCOCCOCCOCCOCCOCCOc1ccc(F)c(F)c1C(=O)c1ccc(C(=O)N[C@@H]2CN(C(=O)O)C[C@H]2N)cc1. The fourth-order valence-electron chi connectivity index (χ4n) is 4.73. The number of carboxylic acid groups (broad SMARTS) is 1. The highest BCUT2D eigenvalue weighted by atomic mass is 19.2. The Kier molecular flexibility index (Phi) is 19.3. The van der Waals surface area contributed by atoms with Crippen LogP contribution in [0.3, 0.4) is 0 Å². The molecule has 2 atom stereocenters.